The normalized spacial score (nSPS) is 11.7. The van der Waals surface area contributed by atoms with Crippen LogP contribution in [-0.2, 0) is 16.1 Å². The zero-order valence-corrected chi connectivity index (χ0v) is 18.4. The van der Waals surface area contributed by atoms with Crippen molar-refractivity contribution in [1.29, 1.82) is 0 Å². The fourth-order valence-electron chi connectivity index (χ4n) is 3.41. The van der Waals surface area contributed by atoms with Crippen molar-refractivity contribution in [1.82, 2.24) is 10.2 Å². The van der Waals surface area contributed by atoms with E-state index >= 15 is 0 Å². The first-order chi connectivity index (χ1) is 15.0. The van der Waals surface area contributed by atoms with E-state index < -0.39 is 6.04 Å². The van der Waals surface area contributed by atoms with Gasteiger partial charge in [-0.25, -0.2) is 0 Å². The molecule has 3 aromatic rings. The summed E-state index contributed by atoms with van der Waals surface area (Å²) in [6.45, 7) is 6.57. The lowest BCUT2D eigenvalue weighted by Crippen LogP contribution is -2.49. The van der Waals surface area contributed by atoms with Crippen LogP contribution >= 0.6 is 0 Å². The molecule has 5 heteroatoms. The number of fused-ring (bicyclic) bond motifs is 1. The van der Waals surface area contributed by atoms with Crippen molar-refractivity contribution in [2.24, 2.45) is 0 Å². The molecular formula is C26H30N2O3. The van der Waals surface area contributed by atoms with E-state index in [0.29, 0.717) is 18.8 Å². The highest BCUT2D eigenvalue weighted by Gasteiger charge is 2.26. The molecule has 0 saturated heterocycles. The third-order valence-corrected chi connectivity index (χ3v) is 5.29. The number of carbonyl (C=O) groups is 2. The Balaban J connectivity index is 1.77. The average Bonchev–Trinajstić information content (AvgIpc) is 2.80. The highest BCUT2D eigenvalue weighted by atomic mass is 16.5. The standard InChI is InChI=1S/C26H30N2O3/c1-4-16-27-26(30)20(3)28(17-21-14-12-19(2)13-15-21)25(29)18-31-24-11-7-9-22-8-5-6-10-23(22)24/h5-15,20H,4,16-18H2,1-3H3,(H,27,30). The minimum Gasteiger partial charge on any atom is -0.483 e. The van der Waals surface area contributed by atoms with Gasteiger partial charge in [0.2, 0.25) is 5.91 Å². The maximum absolute atomic E-state index is 13.2. The van der Waals surface area contributed by atoms with Crippen molar-refractivity contribution in [2.75, 3.05) is 13.2 Å². The highest BCUT2D eigenvalue weighted by molar-refractivity contribution is 5.90. The molecule has 3 rings (SSSR count). The predicted octanol–water partition coefficient (Wildman–Crippen LogP) is 4.47. The lowest BCUT2D eigenvalue weighted by atomic mass is 10.1. The van der Waals surface area contributed by atoms with E-state index in [1.165, 1.54) is 0 Å². The van der Waals surface area contributed by atoms with Crippen LogP contribution in [0, 0.1) is 6.92 Å². The quantitative estimate of drug-likeness (QED) is 0.558. The van der Waals surface area contributed by atoms with Crippen LogP contribution in [0.5, 0.6) is 5.75 Å². The molecule has 0 aliphatic heterocycles. The summed E-state index contributed by atoms with van der Waals surface area (Å²) < 4.78 is 5.91. The summed E-state index contributed by atoms with van der Waals surface area (Å²) >= 11 is 0. The van der Waals surface area contributed by atoms with E-state index in [0.717, 1.165) is 28.3 Å². The second-order valence-electron chi connectivity index (χ2n) is 7.74. The molecule has 0 heterocycles. The number of hydrogen-bond acceptors (Lipinski definition) is 3. The van der Waals surface area contributed by atoms with E-state index in [4.69, 9.17) is 4.74 Å². The summed E-state index contributed by atoms with van der Waals surface area (Å²) in [7, 11) is 0. The van der Waals surface area contributed by atoms with Crippen molar-refractivity contribution < 1.29 is 14.3 Å². The molecule has 0 bridgehead atoms. The van der Waals surface area contributed by atoms with Gasteiger partial charge in [0.05, 0.1) is 0 Å². The number of rotatable bonds is 9. The largest absolute Gasteiger partial charge is 0.483 e. The van der Waals surface area contributed by atoms with Crippen LogP contribution in [0.3, 0.4) is 0 Å². The Labute approximate surface area is 184 Å². The third-order valence-electron chi connectivity index (χ3n) is 5.29. The second-order valence-corrected chi connectivity index (χ2v) is 7.74. The first-order valence-corrected chi connectivity index (χ1v) is 10.7. The number of benzene rings is 3. The van der Waals surface area contributed by atoms with E-state index in [2.05, 4.69) is 5.32 Å². The van der Waals surface area contributed by atoms with Crippen molar-refractivity contribution in [3.8, 4) is 5.75 Å². The summed E-state index contributed by atoms with van der Waals surface area (Å²) in [6, 6.07) is 21.1. The first kappa shape index (κ1) is 22.3. The topological polar surface area (TPSA) is 58.6 Å². The molecule has 0 spiro atoms. The van der Waals surface area contributed by atoms with Gasteiger partial charge in [-0.3, -0.25) is 9.59 Å². The summed E-state index contributed by atoms with van der Waals surface area (Å²) in [5, 5.41) is 4.89. The van der Waals surface area contributed by atoms with E-state index in [1.807, 2.05) is 80.6 Å². The summed E-state index contributed by atoms with van der Waals surface area (Å²) in [5.41, 5.74) is 2.12. The number of carbonyl (C=O) groups excluding carboxylic acids is 2. The number of nitrogens with zero attached hydrogens (tertiary/aromatic N) is 1. The Morgan fingerprint density at radius 1 is 1.00 bits per heavy atom. The molecule has 0 fully saturated rings. The zero-order chi connectivity index (χ0) is 22.2. The summed E-state index contributed by atoms with van der Waals surface area (Å²) in [6.07, 6.45) is 0.842. The molecule has 2 amide bonds. The average molecular weight is 419 g/mol. The smallest absolute Gasteiger partial charge is 0.261 e. The van der Waals surface area contributed by atoms with Crippen LogP contribution < -0.4 is 10.1 Å². The van der Waals surface area contributed by atoms with Gasteiger partial charge in [-0.05, 0) is 37.3 Å². The van der Waals surface area contributed by atoms with Gasteiger partial charge in [0.25, 0.3) is 5.91 Å². The molecule has 1 atom stereocenters. The van der Waals surface area contributed by atoms with Gasteiger partial charge < -0.3 is 15.0 Å². The Morgan fingerprint density at radius 3 is 2.45 bits per heavy atom. The minimum atomic E-state index is -0.600. The van der Waals surface area contributed by atoms with Gasteiger partial charge in [-0.1, -0.05) is 73.2 Å². The molecule has 31 heavy (non-hydrogen) atoms. The number of amides is 2. The van der Waals surface area contributed by atoms with Gasteiger partial charge in [0.1, 0.15) is 11.8 Å². The minimum absolute atomic E-state index is 0.134. The zero-order valence-electron chi connectivity index (χ0n) is 18.4. The SMILES string of the molecule is CCCNC(=O)C(C)N(Cc1ccc(C)cc1)C(=O)COc1cccc2ccccc12. The molecule has 0 aromatic heterocycles. The molecule has 0 aliphatic carbocycles. The van der Waals surface area contributed by atoms with Crippen LogP contribution in [0.4, 0.5) is 0 Å². The number of nitrogens with one attached hydrogen (secondary N) is 1. The molecule has 3 aromatic carbocycles. The Morgan fingerprint density at radius 2 is 1.71 bits per heavy atom. The van der Waals surface area contributed by atoms with Gasteiger partial charge in [0.15, 0.2) is 6.61 Å². The van der Waals surface area contributed by atoms with Crippen molar-refractivity contribution in [3.63, 3.8) is 0 Å². The van der Waals surface area contributed by atoms with Gasteiger partial charge in [-0.2, -0.15) is 0 Å². The van der Waals surface area contributed by atoms with Crippen LogP contribution in [0.1, 0.15) is 31.4 Å². The van der Waals surface area contributed by atoms with E-state index in [-0.39, 0.29) is 18.4 Å². The molecule has 5 nitrogen and oxygen atoms in total. The van der Waals surface area contributed by atoms with E-state index in [1.54, 1.807) is 11.8 Å². The van der Waals surface area contributed by atoms with Crippen molar-refractivity contribution in [3.05, 3.63) is 77.9 Å². The van der Waals surface area contributed by atoms with Gasteiger partial charge in [-0.15, -0.1) is 0 Å². The maximum atomic E-state index is 13.2. The molecular weight excluding hydrogens is 388 g/mol. The fourth-order valence-corrected chi connectivity index (χ4v) is 3.41. The molecule has 0 saturated carbocycles. The van der Waals surface area contributed by atoms with Gasteiger partial charge in [0, 0.05) is 18.5 Å². The Kier molecular flexibility index (Phi) is 7.65. The molecule has 0 radical (unpaired) electrons. The molecule has 1 N–H and O–H groups in total. The van der Waals surface area contributed by atoms with Gasteiger partial charge >= 0.3 is 0 Å². The number of aryl methyl sites for hydroxylation is 1. The third kappa shape index (κ3) is 5.85. The Hall–Kier alpha value is -3.34. The van der Waals surface area contributed by atoms with Crippen LogP contribution in [-0.4, -0.2) is 35.9 Å². The number of hydrogen-bond donors (Lipinski definition) is 1. The number of ether oxygens (including phenoxy) is 1. The van der Waals surface area contributed by atoms with Crippen molar-refractivity contribution in [2.45, 2.75) is 39.8 Å². The van der Waals surface area contributed by atoms with Crippen molar-refractivity contribution >= 4 is 22.6 Å². The molecule has 0 aliphatic rings. The maximum Gasteiger partial charge on any atom is 0.261 e. The summed E-state index contributed by atoms with van der Waals surface area (Å²) in [5.74, 6) is 0.268. The Bertz CT molecular complexity index is 1030. The second kappa shape index (κ2) is 10.6. The molecule has 1 unspecified atom stereocenters. The highest BCUT2D eigenvalue weighted by Crippen LogP contribution is 2.25. The fraction of sp³-hybridized carbons (Fsp3) is 0.308. The lowest BCUT2D eigenvalue weighted by molar-refractivity contribution is -0.142. The molecule has 162 valence electrons. The summed E-state index contributed by atoms with van der Waals surface area (Å²) in [4.78, 5) is 27.3. The lowest BCUT2D eigenvalue weighted by Gasteiger charge is -2.29. The van der Waals surface area contributed by atoms with Crippen LogP contribution in [0.2, 0.25) is 0 Å². The van der Waals surface area contributed by atoms with E-state index in [9.17, 15) is 9.59 Å². The first-order valence-electron chi connectivity index (χ1n) is 10.7. The monoisotopic (exact) mass is 418 g/mol. The van der Waals surface area contributed by atoms with Crippen LogP contribution in [0.15, 0.2) is 66.7 Å². The van der Waals surface area contributed by atoms with Crippen LogP contribution in [0.25, 0.3) is 10.8 Å². The predicted molar refractivity (Wildman–Crippen MR) is 124 cm³/mol.